The van der Waals surface area contributed by atoms with Crippen molar-refractivity contribution in [3.05, 3.63) is 116 Å². The molecule has 0 amide bonds. The first-order chi connectivity index (χ1) is 21.3. The van der Waals surface area contributed by atoms with Gasteiger partial charge in [0.05, 0.1) is 28.9 Å². The summed E-state index contributed by atoms with van der Waals surface area (Å²) in [4.78, 5) is 47.5. The third-order valence-electron chi connectivity index (χ3n) is 6.13. The van der Waals surface area contributed by atoms with E-state index in [1.807, 2.05) is 42.5 Å². The first-order valence-electron chi connectivity index (χ1n) is 12.7. The lowest BCUT2D eigenvalue weighted by Crippen LogP contribution is -2.21. The first kappa shape index (κ1) is 32.4. The molecule has 0 aliphatic rings. The number of nitrogens with zero attached hydrogens (tertiary/aromatic N) is 3. The highest BCUT2D eigenvalue weighted by Gasteiger charge is 2.38. The van der Waals surface area contributed by atoms with Crippen molar-refractivity contribution in [2.75, 3.05) is 6.54 Å². The number of aromatic amines is 1. The fourth-order valence-corrected chi connectivity index (χ4v) is 4.33. The number of H-pyrrole nitrogens is 1. The van der Waals surface area contributed by atoms with Crippen LogP contribution in [0.2, 0.25) is 5.02 Å². The standard InChI is InChI=1S/C27H20ClN5O5.C2HF3O2/c28-18-8-6-17(7-9-18)26-21(12-16-4-2-1-3-5-16)31-32-22(14-24(34)30-27(26)32)20-11-10-19(33(36)37)13-23(20)38-25(35)15-29;3-2(4,5)1(6)7/h1-11,13-14H,12,15,29H2,(H,30,34);(H,6,7). The van der Waals surface area contributed by atoms with Crippen LogP contribution < -0.4 is 16.0 Å². The lowest BCUT2D eigenvalue weighted by atomic mass is 10.0. The van der Waals surface area contributed by atoms with Gasteiger partial charge in [0.1, 0.15) is 11.4 Å². The third-order valence-corrected chi connectivity index (χ3v) is 6.38. The van der Waals surface area contributed by atoms with Crippen LogP contribution in [-0.4, -0.2) is 49.3 Å². The Bertz CT molecular complexity index is 1940. The fraction of sp³-hybridized carbons (Fsp3) is 0.103. The second-order valence-electron chi connectivity index (χ2n) is 9.19. The minimum atomic E-state index is -5.08. The highest BCUT2D eigenvalue weighted by Crippen LogP contribution is 2.36. The summed E-state index contributed by atoms with van der Waals surface area (Å²) >= 11 is 6.12. The zero-order valence-electron chi connectivity index (χ0n) is 22.7. The van der Waals surface area contributed by atoms with Crippen LogP contribution in [-0.2, 0) is 16.0 Å². The van der Waals surface area contributed by atoms with Gasteiger partial charge < -0.3 is 20.6 Å². The second-order valence-corrected chi connectivity index (χ2v) is 9.63. The van der Waals surface area contributed by atoms with E-state index in [-0.39, 0.29) is 22.7 Å². The van der Waals surface area contributed by atoms with E-state index >= 15 is 0 Å². The van der Waals surface area contributed by atoms with Crippen LogP contribution in [0.3, 0.4) is 0 Å². The van der Waals surface area contributed by atoms with Crippen molar-refractivity contribution in [2.45, 2.75) is 12.6 Å². The number of aliphatic carboxylic acids is 1. The molecule has 2 heterocycles. The molecule has 2 aromatic heterocycles. The molecule has 16 heteroatoms. The molecule has 0 radical (unpaired) electrons. The number of carbonyl (C=O) groups is 2. The van der Waals surface area contributed by atoms with Crippen LogP contribution >= 0.6 is 11.6 Å². The summed E-state index contributed by atoms with van der Waals surface area (Å²) in [5, 5.41) is 23.9. The molecule has 0 bridgehead atoms. The van der Waals surface area contributed by atoms with Crippen LogP contribution in [0, 0.1) is 10.1 Å². The maximum Gasteiger partial charge on any atom is 0.490 e. The molecule has 5 rings (SSSR count). The molecule has 0 aliphatic carbocycles. The molecule has 3 aromatic carbocycles. The number of esters is 1. The number of carboxylic acid groups (broad SMARTS) is 1. The average Bonchev–Trinajstić information content (AvgIpc) is 3.34. The molecule has 232 valence electrons. The molecule has 12 nitrogen and oxygen atoms in total. The summed E-state index contributed by atoms with van der Waals surface area (Å²) in [6.45, 7) is -0.434. The summed E-state index contributed by atoms with van der Waals surface area (Å²) < 4.78 is 38.6. The zero-order valence-corrected chi connectivity index (χ0v) is 23.5. The number of aromatic nitrogens is 3. The molecule has 0 saturated carbocycles. The monoisotopic (exact) mass is 643 g/mol. The van der Waals surface area contributed by atoms with Crippen molar-refractivity contribution >= 4 is 34.9 Å². The quantitative estimate of drug-likeness (QED) is 0.0950. The molecule has 45 heavy (non-hydrogen) atoms. The van der Waals surface area contributed by atoms with Crippen molar-refractivity contribution in [2.24, 2.45) is 5.73 Å². The van der Waals surface area contributed by atoms with E-state index in [2.05, 4.69) is 4.98 Å². The van der Waals surface area contributed by atoms with E-state index < -0.39 is 35.1 Å². The predicted octanol–water partition coefficient (Wildman–Crippen LogP) is 5.01. The highest BCUT2D eigenvalue weighted by molar-refractivity contribution is 6.30. The van der Waals surface area contributed by atoms with Crippen LogP contribution in [0.5, 0.6) is 5.75 Å². The molecule has 5 aromatic rings. The number of nitro benzene ring substituents is 1. The number of carbonyl (C=O) groups excluding carboxylic acids is 1. The number of carboxylic acids is 1. The van der Waals surface area contributed by atoms with E-state index in [1.54, 1.807) is 12.1 Å². The van der Waals surface area contributed by atoms with Gasteiger partial charge >= 0.3 is 18.1 Å². The van der Waals surface area contributed by atoms with Gasteiger partial charge in [0.15, 0.2) is 0 Å². The lowest BCUT2D eigenvalue weighted by Gasteiger charge is -2.11. The van der Waals surface area contributed by atoms with Gasteiger partial charge in [-0.25, -0.2) is 9.31 Å². The second kappa shape index (κ2) is 13.4. The normalized spacial score (nSPS) is 11.0. The van der Waals surface area contributed by atoms with Crippen LogP contribution in [0.1, 0.15) is 11.3 Å². The number of hydrogen-bond donors (Lipinski definition) is 3. The predicted molar refractivity (Wildman–Crippen MR) is 156 cm³/mol. The maximum absolute atomic E-state index is 12.9. The van der Waals surface area contributed by atoms with Gasteiger partial charge in [-0.05, 0) is 29.3 Å². The van der Waals surface area contributed by atoms with Gasteiger partial charge in [0.2, 0.25) is 0 Å². The van der Waals surface area contributed by atoms with Gasteiger partial charge in [-0.3, -0.25) is 19.7 Å². The topological polar surface area (TPSA) is 183 Å². The van der Waals surface area contributed by atoms with E-state index in [1.165, 1.54) is 22.7 Å². The SMILES string of the molecule is NCC(=O)Oc1cc([N+](=O)[O-])ccc1-c1cc(=O)[nH]c2c(-c3ccc(Cl)cc3)c(Cc3ccccc3)nn12.O=C(O)C(F)(F)F. The third kappa shape index (κ3) is 7.70. The number of nitrogens with two attached hydrogens (primary N) is 1. The van der Waals surface area contributed by atoms with Gasteiger partial charge in [-0.2, -0.15) is 18.3 Å². The Labute approximate surface area is 255 Å². The van der Waals surface area contributed by atoms with Crippen LogP contribution in [0.4, 0.5) is 18.9 Å². The largest absolute Gasteiger partial charge is 0.490 e. The van der Waals surface area contributed by atoms with Crippen molar-refractivity contribution in [3.8, 4) is 28.1 Å². The fourth-order valence-electron chi connectivity index (χ4n) is 4.20. The van der Waals surface area contributed by atoms with Crippen molar-refractivity contribution < 1.29 is 37.5 Å². The lowest BCUT2D eigenvalue weighted by molar-refractivity contribution is -0.384. The molecular weight excluding hydrogens is 623 g/mol. The van der Waals surface area contributed by atoms with Crippen LogP contribution in [0.25, 0.3) is 28.0 Å². The van der Waals surface area contributed by atoms with Gasteiger partial charge in [0.25, 0.3) is 11.2 Å². The van der Waals surface area contributed by atoms with Crippen molar-refractivity contribution in [1.29, 1.82) is 0 Å². The molecule has 0 spiro atoms. The number of halogens is 4. The molecule has 0 fully saturated rings. The maximum atomic E-state index is 12.9. The number of rotatable bonds is 7. The Morgan fingerprint density at radius 2 is 1.71 bits per heavy atom. The Kier molecular flexibility index (Phi) is 9.64. The van der Waals surface area contributed by atoms with Gasteiger partial charge in [-0.15, -0.1) is 0 Å². The molecular formula is C29H21ClF3N5O7. The molecule has 0 atom stereocenters. The number of benzene rings is 3. The summed E-state index contributed by atoms with van der Waals surface area (Å²) in [5.74, 6) is -3.66. The Morgan fingerprint density at radius 1 is 1.07 bits per heavy atom. The number of ether oxygens (including phenoxy) is 1. The Hall–Kier alpha value is -5.54. The minimum Gasteiger partial charge on any atom is -0.475 e. The van der Waals surface area contributed by atoms with Gasteiger partial charge in [-0.1, -0.05) is 54.1 Å². The smallest absolute Gasteiger partial charge is 0.475 e. The number of nitro groups is 1. The Balaban J connectivity index is 0.000000591. The average molecular weight is 644 g/mol. The summed E-state index contributed by atoms with van der Waals surface area (Å²) in [5.41, 5.74) is 8.73. The Morgan fingerprint density at radius 3 is 2.29 bits per heavy atom. The molecule has 4 N–H and O–H groups in total. The van der Waals surface area contributed by atoms with E-state index in [0.717, 1.165) is 17.2 Å². The van der Waals surface area contributed by atoms with Crippen molar-refractivity contribution in [1.82, 2.24) is 14.6 Å². The molecule has 0 aliphatic heterocycles. The summed E-state index contributed by atoms with van der Waals surface area (Å²) in [6, 6.07) is 21.9. The highest BCUT2D eigenvalue weighted by atomic mass is 35.5. The van der Waals surface area contributed by atoms with E-state index in [0.29, 0.717) is 28.3 Å². The number of fused-ring (bicyclic) bond motifs is 1. The molecule has 0 unspecified atom stereocenters. The number of hydrogen-bond acceptors (Lipinski definition) is 8. The number of nitrogens with one attached hydrogen (secondary N) is 1. The zero-order chi connectivity index (χ0) is 32.9. The van der Waals surface area contributed by atoms with Gasteiger partial charge in [0, 0.05) is 34.7 Å². The summed E-state index contributed by atoms with van der Waals surface area (Å²) in [6.07, 6.45) is -4.63. The number of non-ortho nitro benzene ring substituents is 1. The first-order valence-corrected chi connectivity index (χ1v) is 13.1. The number of alkyl halides is 3. The summed E-state index contributed by atoms with van der Waals surface area (Å²) in [7, 11) is 0. The van der Waals surface area contributed by atoms with Crippen LogP contribution in [0.15, 0.2) is 83.7 Å². The van der Waals surface area contributed by atoms with E-state index in [9.17, 15) is 32.9 Å². The van der Waals surface area contributed by atoms with Crippen molar-refractivity contribution in [3.63, 3.8) is 0 Å². The minimum absolute atomic E-state index is 0.116. The molecule has 0 saturated heterocycles. The van der Waals surface area contributed by atoms with E-state index in [4.69, 9.17) is 37.1 Å².